The molecule has 1 aliphatic rings. The van der Waals surface area contributed by atoms with Gasteiger partial charge in [-0.05, 0) is 25.0 Å². The molecule has 1 aromatic heterocycles. The highest BCUT2D eigenvalue weighted by Gasteiger charge is 2.20. The molecule has 2 aromatic rings. The van der Waals surface area contributed by atoms with Crippen molar-refractivity contribution in [2.45, 2.75) is 36.0 Å². The predicted molar refractivity (Wildman–Crippen MR) is 80.0 cm³/mol. The lowest BCUT2D eigenvalue weighted by atomic mass is 10.4. The summed E-state index contributed by atoms with van der Waals surface area (Å²) in [6, 6.07) is 8.49. The minimum Gasteiger partial charge on any atom is -0.339 e. The monoisotopic (exact) mass is 309 g/mol. The van der Waals surface area contributed by atoms with Crippen LogP contribution in [0.2, 0.25) is 5.02 Å². The lowest BCUT2D eigenvalue weighted by Gasteiger charge is -2.00. The molecule has 1 aliphatic carbocycles. The first kappa shape index (κ1) is 13.9. The molecule has 0 spiro atoms. The van der Waals surface area contributed by atoms with Crippen LogP contribution in [-0.4, -0.2) is 22.7 Å². The van der Waals surface area contributed by atoms with Crippen molar-refractivity contribution in [2.24, 2.45) is 0 Å². The van der Waals surface area contributed by atoms with Crippen LogP contribution in [0, 0.1) is 0 Å². The number of thioether (sulfide) groups is 1. The van der Waals surface area contributed by atoms with Crippen LogP contribution in [0.25, 0.3) is 0 Å². The van der Waals surface area contributed by atoms with Gasteiger partial charge in [0.15, 0.2) is 5.82 Å². The molecule has 20 heavy (non-hydrogen) atoms. The van der Waals surface area contributed by atoms with Gasteiger partial charge in [-0.1, -0.05) is 28.9 Å². The van der Waals surface area contributed by atoms with Crippen LogP contribution < -0.4 is 5.32 Å². The highest BCUT2D eigenvalue weighted by Crippen LogP contribution is 2.28. The van der Waals surface area contributed by atoms with Crippen LogP contribution >= 0.6 is 23.4 Å². The van der Waals surface area contributed by atoms with Crippen LogP contribution in [0.4, 0.5) is 0 Å². The Kier molecular flexibility index (Phi) is 4.60. The van der Waals surface area contributed by atoms with E-state index in [1.54, 1.807) is 11.8 Å². The average Bonchev–Trinajstić information content (AvgIpc) is 3.16. The van der Waals surface area contributed by atoms with Crippen molar-refractivity contribution >= 4 is 23.4 Å². The van der Waals surface area contributed by atoms with Crippen LogP contribution in [0.5, 0.6) is 0 Å². The third-order valence-corrected chi connectivity index (χ3v) is 4.56. The maximum Gasteiger partial charge on any atom is 0.227 e. The van der Waals surface area contributed by atoms with Gasteiger partial charge >= 0.3 is 0 Å². The fraction of sp³-hybridized carbons (Fsp3) is 0.429. The van der Waals surface area contributed by atoms with Gasteiger partial charge in [-0.15, -0.1) is 11.8 Å². The Balaban J connectivity index is 1.48. The van der Waals surface area contributed by atoms with E-state index in [9.17, 15) is 0 Å². The van der Waals surface area contributed by atoms with Gasteiger partial charge < -0.3 is 9.84 Å². The van der Waals surface area contributed by atoms with Crippen molar-refractivity contribution in [3.05, 3.63) is 41.0 Å². The number of benzene rings is 1. The van der Waals surface area contributed by atoms with Gasteiger partial charge in [0.05, 0.1) is 10.8 Å². The molecule has 1 saturated carbocycles. The molecule has 3 rings (SSSR count). The Hall–Kier alpha value is -1.04. The summed E-state index contributed by atoms with van der Waals surface area (Å²) in [7, 11) is 0. The first-order valence-electron chi connectivity index (χ1n) is 6.73. The van der Waals surface area contributed by atoms with E-state index in [1.165, 1.54) is 12.8 Å². The second kappa shape index (κ2) is 6.61. The second-order valence-electron chi connectivity index (χ2n) is 4.80. The van der Waals surface area contributed by atoms with Crippen LogP contribution in [0.15, 0.2) is 33.7 Å². The third-order valence-electron chi connectivity index (χ3n) is 3.05. The summed E-state index contributed by atoms with van der Waals surface area (Å²) in [5.74, 6) is 2.09. The molecule has 0 radical (unpaired) electrons. The van der Waals surface area contributed by atoms with Crippen molar-refractivity contribution in [1.82, 2.24) is 15.5 Å². The van der Waals surface area contributed by atoms with Gasteiger partial charge in [0.1, 0.15) is 0 Å². The molecule has 1 heterocycles. The van der Waals surface area contributed by atoms with E-state index >= 15 is 0 Å². The first-order valence-corrected chi connectivity index (χ1v) is 8.10. The van der Waals surface area contributed by atoms with Crippen molar-refractivity contribution in [3.63, 3.8) is 0 Å². The van der Waals surface area contributed by atoms with E-state index in [0.717, 1.165) is 28.7 Å². The topological polar surface area (TPSA) is 51.0 Å². The molecule has 1 aromatic carbocycles. The van der Waals surface area contributed by atoms with Gasteiger partial charge in [0.2, 0.25) is 5.89 Å². The Morgan fingerprint density at radius 2 is 2.20 bits per heavy atom. The molecule has 1 fully saturated rings. The van der Waals surface area contributed by atoms with Crippen LogP contribution in [0.3, 0.4) is 0 Å². The number of rotatable bonds is 7. The van der Waals surface area contributed by atoms with Crippen molar-refractivity contribution < 1.29 is 4.52 Å². The Bertz CT molecular complexity index is 571. The minimum atomic E-state index is 0.670. The molecule has 0 bridgehead atoms. The molecule has 106 valence electrons. The lowest BCUT2D eigenvalue weighted by molar-refractivity contribution is 0.372. The van der Waals surface area contributed by atoms with E-state index in [4.69, 9.17) is 16.1 Å². The molecule has 0 unspecified atom stereocenters. The quantitative estimate of drug-likeness (QED) is 0.795. The SMILES string of the molecule is Clc1ccccc1SCc1noc(CCNC2CC2)n1. The fourth-order valence-corrected chi connectivity index (χ4v) is 2.91. The Morgan fingerprint density at radius 3 is 3.00 bits per heavy atom. The molecule has 0 amide bonds. The Labute approximate surface area is 127 Å². The summed E-state index contributed by atoms with van der Waals surface area (Å²) in [6.45, 7) is 0.907. The third kappa shape index (κ3) is 3.98. The largest absolute Gasteiger partial charge is 0.339 e. The normalized spacial score (nSPS) is 14.7. The number of nitrogens with one attached hydrogen (secondary N) is 1. The summed E-state index contributed by atoms with van der Waals surface area (Å²) in [6.07, 6.45) is 3.38. The summed E-state index contributed by atoms with van der Waals surface area (Å²) in [5, 5.41) is 8.18. The molecule has 4 nitrogen and oxygen atoms in total. The number of hydrogen-bond donors (Lipinski definition) is 1. The zero-order valence-electron chi connectivity index (χ0n) is 11.0. The van der Waals surface area contributed by atoms with E-state index in [1.807, 2.05) is 24.3 Å². The lowest BCUT2D eigenvalue weighted by Crippen LogP contribution is -2.19. The zero-order valence-corrected chi connectivity index (χ0v) is 12.6. The van der Waals surface area contributed by atoms with Crippen molar-refractivity contribution in [3.8, 4) is 0 Å². The predicted octanol–water partition coefficient (Wildman–Crippen LogP) is 3.31. The standard InChI is InChI=1S/C14H16ClN3OS/c15-11-3-1-2-4-12(11)20-9-13-17-14(19-18-13)7-8-16-10-5-6-10/h1-4,10,16H,5-9H2. The summed E-state index contributed by atoms with van der Waals surface area (Å²) < 4.78 is 5.24. The maximum atomic E-state index is 6.11. The molecule has 0 atom stereocenters. The number of hydrogen-bond acceptors (Lipinski definition) is 5. The average molecular weight is 310 g/mol. The zero-order chi connectivity index (χ0) is 13.8. The summed E-state index contributed by atoms with van der Waals surface area (Å²) in [4.78, 5) is 5.43. The number of aromatic nitrogens is 2. The van der Waals surface area contributed by atoms with Gasteiger partial charge in [-0.25, -0.2) is 0 Å². The van der Waals surface area contributed by atoms with Gasteiger partial charge in [-0.2, -0.15) is 4.98 Å². The number of nitrogens with zero attached hydrogens (tertiary/aromatic N) is 2. The maximum absolute atomic E-state index is 6.11. The molecular formula is C14H16ClN3OS. The van der Waals surface area contributed by atoms with Crippen molar-refractivity contribution in [2.75, 3.05) is 6.54 Å². The molecule has 1 N–H and O–H groups in total. The second-order valence-corrected chi connectivity index (χ2v) is 6.23. The molecular weight excluding hydrogens is 294 g/mol. The van der Waals surface area contributed by atoms with E-state index < -0.39 is 0 Å². The minimum absolute atomic E-state index is 0.670. The van der Waals surface area contributed by atoms with Gasteiger partial charge in [0, 0.05) is 23.9 Å². The first-order chi connectivity index (χ1) is 9.81. The van der Waals surface area contributed by atoms with Gasteiger partial charge in [0.25, 0.3) is 0 Å². The molecule has 0 aliphatic heterocycles. The van der Waals surface area contributed by atoms with E-state index in [2.05, 4.69) is 15.5 Å². The summed E-state index contributed by atoms with van der Waals surface area (Å²) >= 11 is 7.73. The molecule has 6 heteroatoms. The van der Waals surface area contributed by atoms with Crippen molar-refractivity contribution in [1.29, 1.82) is 0 Å². The smallest absolute Gasteiger partial charge is 0.227 e. The summed E-state index contributed by atoms with van der Waals surface area (Å²) in [5.41, 5.74) is 0. The van der Waals surface area contributed by atoms with E-state index in [-0.39, 0.29) is 0 Å². The van der Waals surface area contributed by atoms with Crippen LogP contribution in [0.1, 0.15) is 24.6 Å². The highest BCUT2D eigenvalue weighted by molar-refractivity contribution is 7.98. The Morgan fingerprint density at radius 1 is 1.35 bits per heavy atom. The van der Waals surface area contributed by atoms with E-state index in [0.29, 0.717) is 17.7 Å². The highest BCUT2D eigenvalue weighted by atomic mass is 35.5. The molecule has 0 saturated heterocycles. The van der Waals surface area contributed by atoms with Crippen LogP contribution in [-0.2, 0) is 12.2 Å². The fourth-order valence-electron chi connectivity index (χ4n) is 1.83. The number of halogens is 1. The van der Waals surface area contributed by atoms with Gasteiger partial charge in [-0.3, -0.25) is 0 Å².